The van der Waals surface area contributed by atoms with Crippen LogP contribution in [0.25, 0.3) is 0 Å². The lowest BCUT2D eigenvalue weighted by atomic mass is 10.1. The minimum atomic E-state index is -0.312. The standard InChI is InChI=1S/C8H5NO2.C6H10O2/c10-7-5-3-1-2-4-6(5)8(11)9-7;1-4-8-6(7)5(2)3/h1-4H,(H,9,10,11);2,4H2,1,3H3. The lowest BCUT2D eigenvalue weighted by Crippen LogP contribution is -2.19. The molecule has 1 heterocycles. The molecule has 0 aliphatic carbocycles. The summed E-state index contributed by atoms with van der Waals surface area (Å²) in [6.07, 6.45) is 0. The van der Waals surface area contributed by atoms with Gasteiger partial charge in [-0.3, -0.25) is 14.9 Å². The Labute approximate surface area is 111 Å². The zero-order valence-corrected chi connectivity index (χ0v) is 10.9. The van der Waals surface area contributed by atoms with Gasteiger partial charge in [-0.25, -0.2) is 4.79 Å². The van der Waals surface area contributed by atoms with Gasteiger partial charge < -0.3 is 4.74 Å². The average Bonchev–Trinajstić information content (AvgIpc) is 2.67. The zero-order chi connectivity index (χ0) is 14.4. The van der Waals surface area contributed by atoms with Crippen molar-refractivity contribution in [3.63, 3.8) is 0 Å². The first-order chi connectivity index (χ1) is 8.97. The van der Waals surface area contributed by atoms with Crippen LogP contribution >= 0.6 is 0 Å². The van der Waals surface area contributed by atoms with Crippen LogP contribution in [0.3, 0.4) is 0 Å². The van der Waals surface area contributed by atoms with Crippen molar-refractivity contribution in [1.82, 2.24) is 5.32 Å². The minimum Gasteiger partial charge on any atom is -0.463 e. The summed E-state index contributed by atoms with van der Waals surface area (Å²) < 4.78 is 4.56. The van der Waals surface area contributed by atoms with Gasteiger partial charge in [0.25, 0.3) is 11.8 Å². The molecule has 19 heavy (non-hydrogen) atoms. The van der Waals surface area contributed by atoms with Crippen LogP contribution in [0.4, 0.5) is 0 Å². The summed E-state index contributed by atoms with van der Waals surface area (Å²) in [5.41, 5.74) is 1.39. The molecule has 1 aliphatic rings. The second-order valence-corrected chi connectivity index (χ2v) is 3.83. The predicted octanol–water partition coefficient (Wildman–Crippen LogP) is 1.70. The predicted molar refractivity (Wildman–Crippen MR) is 69.7 cm³/mol. The van der Waals surface area contributed by atoms with Gasteiger partial charge in [-0.2, -0.15) is 0 Å². The molecule has 0 unspecified atom stereocenters. The summed E-state index contributed by atoms with van der Waals surface area (Å²) in [7, 11) is 0. The summed E-state index contributed by atoms with van der Waals surface area (Å²) in [4.78, 5) is 32.3. The minimum absolute atomic E-state index is 0.300. The van der Waals surface area contributed by atoms with Crippen molar-refractivity contribution >= 4 is 17.8 Å². The van der Waals surface area contributed by atoms with Gasteiger partial charge >= 0.3 is 5.97 Å². The van der Waals surface area contributed by atoms with Crippen molar-refractivity contribution < 1.29 is 19.1 Å². The van der Waals surface area contributed by atoms with Gasteiger partial charge in [0.1, 0.15) is 0 Å². The smallest absolute Gasteiger partial charge is 0.333 e. The van der Waals surface area contributed by atoms with Crippen LogP contribution in [0.2, 0.25) is 0 Å². The first-order valence-corrected chi connectivity index (χ1v) is 5.74. The number of fused-ring (bicyclic) bond motifs is 1. The highest BCUT2D eigenvalue weighted by Gasteiger charge is 2.25. The maximum atomic E-state index is 10.9. The molecule has 100 valence electrons. The number of hydrogen-bond acceptors (Lipinski definition) is 4. The molecule has 5 nitrogen and oxygen atoms in total. The van der Waals surface area contributed by atoms with E-state index in [2.05, 4.69) is 16.6 Å². The number of rotatable bonds is 2. The van der Waals surface area contributed by atoms with Crippen molar-refractivity contribution in [3.05, 3.63) is 47.5 Å². The lowest BCUT2D eigenvalue weighted by Gasteiger charge is -1.96. The first-order valence-electron chi connectivity index (χ1n) is 5.74. The molecule has 0 bridgehead atoms. The largest absolute Gasteiger partial charge is 0.463 e. The van der Waals surface area contributed by atoms with E-state index in [1.54, 1.807) is 38.1 Å². The third kappa shape index (κ3) is 3.77. The van der Waals surface area contributed by atoms with E-state index >= 15 is 0 Å². The van der Waals surface area contributed by atoms with Crippen LogP contribution in [0.1, 0.15) is 34.6 Å². The number of esters is 1. The fraction of sp³-hybridized carbons (Fsp3) is 0.214. The van der Waals surface area contributed by atoms with Crippen LogP contribution in [0.5, 0.6) is 0 Å². The molecule has 1 aromatic rings. The molecule has 0 saturated heterocycles. The molecule has 0 saturated carbocycles. The Bertz CT molecular complexity index is 501. The van der Waals surface area contributed by atoms with Crippen LogP contribution < -0.4 is 5.32 Å². The Morgan fingerprint density at radius 2 is 1.68 bits per heavy atom. The molecule has 0 aromatic heterocycles. The van der Waals surface area contributed by atoms with Gasteiger partial charge in [0, 0.05) is 5.57 Å². The summed E-state index contributed by atoms with van der Waals surface area (Å²) in [6, 6.07) is 6.74. The summed E-state index contributed by atoms with van der Waals surface area (Å²) >= 11 is 0. The van der Waals surface area contributed by atoms with Gasteiger partial charge in [0.05, 0.1) is 17.7 Å². The topological polar surface area (TPSA) is 72.5 Å². The van der Waals surface area contributed by atoms with Crippen LogP contribution in [-0.2, 0) is 9.53 Å². The number of carbonyl (C=O) groups excluding carboxylic acids is 3. The number of hydrogen-bond donors (Lipinski definition) is 1. The second-order valence-electron chi connectivity index (χ2n) is 3.83. The quantitative estimate of drug-likeness (QED) is 0.499. The Morgan fingerprint density at radius 1 is 1.21 bits per heavy atom. The molecule has 2 amide bonds. The fourth-order valence-corrected chi connectivity index (χ4v) is 1.37. The lowest BCUT2D eigenvalue weighted by molar-refractivity contribution is -0.138. The van der Waals surface area contributed by atoms with Gasteiger partial charge in [0.2, 0.25) is 0 Å². The van der Waals surface area contributed by atoms with Crippen molar-refractivity contribution in [2.24, 2.45) is 0 Å². The van der Waals surface area contributed by atoms with Crippen molar-refractivity contribution in [1.29, 1.82) is 0 Å². The Kier molecular flexibility index (Phi) is 5.00. The van der Waals surface area contributed by atoms with E-state index in [0.29, 0.717) is 23.3 Å². The highest BCUT2D eigenvalue weighted by molar-refractivity contribution is 6.21. The van der Waals surface area contributed by atoms with E-state index in [9.17, 15) is 14.4 Å². The first kappa shape index (κ1) is 14.6. The molecule has 1 aliphatic heterocycles. The number of ether oxygens (including phenoxy) is 1. The van der Waals surface area contributed by atoms with Crippen molar-refractivity contribution in [3.8, 4) is 0 Å². The monoisotopic (exact) mass is 261 g/mol. The van der Waals surface area contributed by atoms with Gasteiger partial charge in [-0.1, -0.05) is 18.7 Å². The number of benzene rings is 1. The van der Waals surface area contributed by atoms with Crippen LogP contribution in [0, 0.1) is 0 Å². The molecule has 2 rings (SSSR count). The number of nitrogens with one attached hydrogen (secondary N) is 1. The maximum Gasteiger partial charge on any atom is 0.333 e. The van der Waals surface area contributed by atoms with Gasteiger partial charge in [-0.15, -0.1) is 0 Å². The summed E-state index contributed by atoms with van der Waals surface area (Å²) in [6.45, 7) is 7.21. The maximum absolute atomic E-state index is 10.9. The molecular formula is C14H15NO4. The zero-order valence-electron chi connectivity index (χ0n) is 10.9. The molecule has 0 atom stereocenters. The van der Waals surface area contributed by atoms with Crippen LogP contribution in [0.15, 0.2) is 36.4 Å². The van der Waals surface area contributed by atoms with E-state index in [0.717, 1.165) is 0 Å². The fourth-order valence-electron chi connectivity index (χ4n) is 1.37. The molecular weight excluding hydrogens is 246 g/mol. The molecule has 5 heteroatoms. The second kappa shape index (κ2) is 6.49. The SMILES string of the molecule is C=C(C)C(=O)OCC.O=C1NC(=O)c2ccccc21. The third-order valence-corrected chi connectivity index (χ3v) is 2.27. The van der Waals surface area contributed by atoms with E-state index in [4.69, 9.17) is 0 Å². The van der Waals surface area contributed by atoms with Crippen molar-refractivity contribution in [2.75, 3.05) is 6.61 Å². The number of imide groups is 1. The molecule has 0 fully saturated rings. The van der Waals surface area contributed by atoms with E-state index < -0.39 is 0 Å². The number of carbonyl (C=O) groups is 3. The highest BCUT2D eigenvalue weighted by Crippen LogP contribution is 2.13. The van der Waals surface area contributed by atoms with E-state index in [-0.39, 0.29) is 17.8 Å². The average molecular weight is 261 g/mol. The Morgan fingerprint density at radius 3 is 2.00 bits per heavy atom. The van der Waals surface area contributed by atoms with E-state index in [1.165, 1.54) is 0 Å². The molecule has 0 radical (unpaired) electrons. The highest BCUT2D eigenvalue weighted by atomic mass is 16.5. The van der Waals surface area contributed by atoms with Crippen molar-refractivity contribution in [2.45, 2.75) is 13.8 Å². The number of amides is 2. The Balaban J connectivity index is 0.000000203. The molecule has 1 aromatic carbocycles. The summed E-state index contributed by atoms with van der Waals surface area (Å²) in [5, 5.41) is 2.20. The molecule has 0 spiro atoms. The van der Waals surface area contributed by atoms with Gasteiger partial charge in [0.15, 0.2) is 0 Å². The van der Waals surface area contributed by atoms with E-state index in [1.807, 2.05) is 0 Å². The molecule has 1 N–H and O–H groups in total. The normalized spacial score (nSPS) is 11.9. The third-order valence-electron chi connectivity index (χ3n) is 2.27. The summed E-state index contributed by atoms with van der Waals surface area (Å²) in [5.74, 6) is -0.913. The van der Waals surface area contributed by atoms with Crippen LogP contribution in [-0.4, -0.2) is 24.4 Å². The Hall–Kier alpha value is -2.43. The van der Waals surface area contributed by atoms with Gasteiger partial charge in [-0.05, 0) is 26.0 Å².